The summed E-state index contributed by atoms with van der Waals surface area (Å²) in [5.41, 5.74) is 1.30. The van der Waals surface area contributed by atoms with E-state index in [4.69, 9.17) is 0 Å². The Bertz CT molecular complexity index is 1630. The number of amides is 1. The van der Waals surface area contributed by atoms with Crippen molar-refractivity contribution in [1.29, 1.82) is 5.26 Å². The van der Waals surface area contributed by atoms with Crippen molar-refractivity contribution in [3.8, 4) is 11.8 Å². The molecule has 9 heteroatoms. The van der Waals surface area contributed by atoms with E-state index in [0.29, 0.717) is 11.3 Å². The third-order valence-electron chi connectivity index (χ3n) is 5.44. The van der Waals surface area contributed by atoms with E-state index in [1.165, 1.54) is 28.8 Å². The van der Waals surface area contributed by atoms with Gasteiger partial charge in [0.25, 0.3) is 17.2 Å². The van der Waals surface area contributed by atoms with E-state index >= 15 is 0 Å². The minimum absolute atomic E-state index is 0.0648. The van der Waals surface area contributed by atoms with E-state index in [1.54, 1.807) is 36.4 Å². The van der Waals surface area contributed by atoms with Crippen LogP contribution in [0.15, 0.2) is 89.7 Å². The standard InChI is InChI=1S/C27H20N4O4S/c1-18(20-8-4-2-5-9-20)29-25(32)23(17-28)27-30(21-10-6-3-7-11-21)26(33)24(36-27)16-19-12-14-22(15-13-19)31(34)35/h2-16,18H,1H3,(H,29,32)/b24-16+,27-23+/t18-/m1/s1. The third-order valence-corrected chi connectivity index (χ3v) is 6.53. The first-order chi connectivity index (χ1) is 17.4. The fourth-order valence-electron chi connectivity index (χ4n) is 3.59. The van der Waals surface area contributed by atoms with Crippen molar-refractivity contribution in [2.45, 2.75) is 13.0 Å². The fraction of sp³-hybridized carbons (Fsp3) is 0.0741. The number of rotatable bonds is 6. The van der Waals surface area contributed by atoms with Crippen LogP contribution in [0.25, 0.3) is 17.3 Å². The van der Waals surface area contributed by atoms with Crippen LogP contribution in [0.2, 0.25) is 0 Å². The summed E-state index contributed by atoms with van der Waals surface area (Å²) in [7, 11) is 0. The predicted octanol–water partition coefficient (Wildman–Crippen LogP) is 3.19. The van der Waals surface area contributed by atoms with Gasteiger partial charge < -0.3 is 5.32 Å². The summed E-state index contributed by atoms with van der Waals surface area (Å²) in [4.78, 5) is 37.0. The number of para-hydroxylation sites is 1. The first-order valence-corrected chi connectivity index (χ1v) is 11.7. The Morgan fingerprint density at radius 1 is 1.06 bits per heavy atom. The van der Waals surface area contributed by atoms with Crippen LogP contribution < -0.4 is 20.1 Å². The minimum Gasteiger partial charge on any atom is -0.345 e. The Morgan fingerprint density at radius 3 is 2.25 bits per heavy atom. The molecule has 0 bridgehead atoms. The van der Waals surface area contributed by atoms with Gasteiger partial charge in [-0.1, -0.05) is 48.5 Å². The Hall–Kier alpha value is -4.81. The third kappa shape index (κ3) is 5.14. The highest BCUT2D eigenvalue weighted by molar-refractivity contribution is 7.07. The quantitative estimate of drug-likeness (QED) is 0.325. The number of non-ortho nitro benzene ring substituents is 1. The van der Waals surface area contributed by atoms with Crippen molar-refractivity contribution in [3.05, 3.63) is 126 Å². The summed E-state index contributed by atoms with van der Waals surface area (Å²) in [6.45, 7) is 1.81. The van der Waals surface area contributed by atoms with Crippen LogP contribution in [-0.4, -0.2) is 15.4 Å². The van der Waals surface area contributed by atoms with E-state index in [2.05, 4.69) is 5.32 Å². The molecule has 0 saturated heterocycles. The molecular formula is C27H20N4O4S. The Labute approximate surface area is 209 Å². The number of nitro benzene ring substituents is 1. The van der Waals surface area contributed by atoms with Crippen molar-refractivity contribution in [2.75, 3.05) is 0 Å². The molecule has 8 nitrogen and oxygen atoms in total. The van der Waals surface area contributed by atoms with Crippen molar-refractivity contribution in [1.82, 2.24) is 9.88 Å². The Kier molecular flexibility index (Phi) is 7.18. The number of hydrogen-bond donors (Lipinski definition) is 1. The molecule has 1 heterocycles. The van der Waals surface area contributed by atoms with Gasteiger partial charge in [0, 0.05) is 12.1 Å². The number of thiazole rings is 1. The van der Waals surface area contributed by atoms with Crippen LogP contribution in [0, 0.1) is 21.4 Å². The van der Waals surface area contributed by atoms with Gasteiger partial charge in [-0.2, -0.15) is 5.26 Å². The van der Waals surface area contributed by atoms with Crippen LogP contribution in [0.5, 0.6) is 0 Å². The zero-order valence-corrected chi connectivity index (χ0v) is 19.9. The highest BCUT2D eigenvalue weighted by atomic mass is 32.1. The fourth-order valence-corrected chi connectivity index (χ4v) is 4.70. The monoisotopic (exact) mass is 496 g/mol. The Morgan fingerprint density at radius 2 is 1.67 bits per heavy atom. The first kappa shape index (κ1) is 24.3. The molecule has 0 fully saturated rings. The smallest absolute Gasteiger partial charge is 0.273 e. The molecule has 4 aromatic rings. The van der Waals surface area contributed by atoms with Crippen molar-refractivity contribution < 1.29 is 9.72 Å². The molecule has 0 aliphatic carbocycles. The molecule has 0 aliphatic heterocycles. The molecule has 0 spiro atoms. The van der Waals surface area contributed by atoms with Gasteiger partial charge in [-0.3, -0.25) is 24.3 Å². The minimum atomic E-state index is -0.596. The summed E-state index contributed by atoms with van der Waals surface area (Å²) in [5.74, 6) is -0.596. The normalized spacial score (nSPS) is 12.9. The summed E-state index contributed by atoms with van der Waals surface area (Å²) >= 11 is 1.01. The summed E-state index contributed by atoms with van der Waals surface area (Å²) in [6, 6.07) is 25.5. The summed E-state index contributed by atoms with van der Waals surface area (Å²) in [5, 5.41) is 23.7. The van der Waals surface area contributed by atoms with E-state index in [1.807, 2.05) is 43.3 Å². The highest BCUT2D eigenvalue weighted by Gasteiger charge is 2.19. The van der Waals surface area contributed by atoms with Crippen molar-refractivity contribution in [2.24, 2.45) is 0 Å². The number of carbonyl (C=O) groups excluding carboxylic acids is 1. The summed E-state index contributed by atoms with van der Waals surface area (Å²) in [6.07, 6.45) is 1.58. The maximum absolute atomic E-state index is 13.4. The van der Waals surface area contributed by atoms with Gasteiger partial charge in [0.2, 0.25) is 0 Å². The van der Waals surface area contributed by atoms with Crippen LogP contribution in [0.4, 0.5) is 5.69 Å². The molecule has 1 N–H and O–H groups in total. The molecule has 3 aromatic carbocycles. The summed E-state index contributed by atoms with van der Waals surface area (Å²) < 4.78 is 1.81. The second kappa shape index (κ2) is 10.6. The van der Waals surface area contributed by atoms with Gasteiger partial charge in [-0.15, -0.1) is 11.3 Å². The zero-order valence-electron chi connectivity index (χ0n) is 19.1. The largest absolute Gasteiger partial charge is 0.345 e. The molecule has 36 heavy (non-hydrogen) atoms. The van der Waals surface area contributed by atoms with Crippen molar-refractivity contribution in [3.63, 3.8) is 0 Å². The Balaban J connectivity index is 1.87. The number of carbonyl (C=O) groups is 1. The molecule has 0 unspecified atom stereocenters. The van der Waals surface area contributed by atoms with E-state index < -0.39 is 16.4 Å². The predicted molar refractivity (Wildman–Crippen MR) is 138 cm³/mol. The first-order valence-electron chi connectivity index (χ1n) is 10.9. The lowest BCUT2D eigenvalue weighted by molar-refractivity contribution is -0.384. The molecule has 178 valence electrons. The maximum atomic E-state index is 13.4. The van der Waals surface area contributed by atoms with Gasteiger partial charge in [-0.05, 0) is 48.4 Å². The number of nitrogens with zero attached hydrogens (tertiary/aromatic N) is 3. The van der Waals surface area contributed by atoms with Crippen LogP contribution in [-0.2, 0) is 4.79 Å². The number of nitro groups is 1. The van der Waals surface area contributed by atoms with E-state index in [9.17, 15) is 25.0 Å². The lowest BCUT2D eigenvalue weighted by atomic mass is 10.1. The topological polar surface area (TPSA) is 118 Å². The van der Waals surface area contributed by atoms with Gasteiger partial charge in [0.15, 0.2) is 5.57 Å². The van der Waals surface area contributed by atoms with Crippen LogP contribution in [0.3, 0.4) is 0 Å². The van der Waals surface area contributed by atoms with Crippen LogP contribution >= 0.6 is 11.3 Å². The van der Waals surface area contributed by atoms with E-state index in [-0.39, 0.29) is 26.5 Å². The molecule has 1 aromatic heterocycles. The van der Waals surface area contributed by atoms with Crippen LogP contribution in [0.1, 0.15) is 24.1 Å². The van der Waals surface area contributed by atoms with E-state index in [0.717, 1.165) is 16.9 Å². The average molecular weight is 497 g/mol. The number of benzene rings is 3. The second-order valence-electron chi connectivity index (χ2n) is 7.83. The number of hydrogen-bond acceptors (Lipinski definition) is 6. The second-order valence-corrected chi connectivity index (χ2v) is 8.86. The van der Waals surface area contributed by atoms with Crippen molar-refractivity contribution >= 4 is 34.6 Å². The molecule has 0 aliphatic rings. The highest BCUT2D eigenvalue weighted by Crippen LogP contribution is 2.13. The van der Waals surface area contributed by atoms with Gasteiger partial charge in [0.05, 0.1) is 21.2 Å². The lowest BCUT2D eigenvalue weighted by Crippen LogP contribution is -2.34. The SMILES string of the molecule is C[C@@H](NC(=O)/C(C#N)=c1/s/c(=C/c2ccc([N+](=O)[O-])cc2)c(=O)n1-c1ccccc1)c1ccccc1. The van der Waals surface area contributed by atoms with Gasteiger partial charge in [0.1, 0.15) is 10.7 Å². The number of nitriles is 1. The molecule has 1 atom stereocenters. The number of aromatic nitrogens is 1. The molecule has 0 saturated carbocycles. The zero-order chi connectivity index (χ0) is 25.7. The molecule has 1 amide bonds. The maximum Gasteiger partial charge on any atom is 0.273 e. The molecule has 0 radical (unpaired) electrons. The lowest BCUT2D eigenvalue weighted by Gasteiger charge is -2.13. The average Bonchev–Trinajstić information content (AvgIpc) is 3.21. The van der Waals surface area contributed by atoms with Gasteiger partial charge >= 0.3 is 0 Å². The number of nitrogens with one attached hydrogen (secondary N) is 1. The molecular weight excluding hydrogens is 476 g/mol. The van der Waals surface area contributed by atoms with Gasteiger partial charge in [-0.25, -0.2) is 0 Å². The molecule has 4 rings (SSSR count).